The van der Waals surface area contributed by atoms with Crippen LogP contribution in [0.2, 0.25) is 0 Å². The Labute approximate surface area is 110 Å². The van der Waals surface area contributed by atoms with E-state index in [0.29, 0.717) is 18.0 Å². The first-order valence-corrected chi connectivity index (χ1v) is 7.82. The van der Waals surface area contributed by atoms with Crippen molar-refractivity contribution in [3.05, 3.63) is 29.8 Å². The maximum atomic E-state index is 12.2. The Morgan fingerprint density at radius 2 is 1.56 bits per heavy atom. The highest BCUT2D eigenvalue weighted by atomic mass is 32.2. The molecule has 4 nitrogen and oxygen atoms in total. The van der Waals surface area contributed by atoms with Gasteiger partial charge in [0, 0.05) is 26.2 Å². The monoisotopic (exact) mass is 270 g/mol. The molecule has 1 aliphatic heterocycles. The van der Waals surface area contributed by atoms with Gasteiger partial charge in [-0.15, -0.1) is 0 Å². The third-order valence-electron chi connectivity index (χ3n) is 2.73. The van der Waals surface area contributed by atoms with Crippen LogP contribution in [0.25, 0.3) is 0 Å². The number of sulfonamides is 1. The van der Waals surface area contributed by atoms with Gasteiger partial charge in [0.2, 0.25) is 10.0 Å². The zero-order chi connectivity index (χ0) is 13.6. The molecule has 1 N–H and O–H groups in total. The van der Waals surface area contributed by atoms with Crippen molar-refractivity contribution in [1.82, 2.24) is 9.62 Å². The third-order valence-corrected chi connectivity index (χ3v) is 4.65. The smallest absolute Gasteiger partial charge is 0.243 e. The maximum Gasteiger partial charge on any atom is 0.243 e. The van der Waals surface area contributed by atoms with Crippen molar-refractivity contribution in [2.75, 3.05) is 26.2 Å². The zero-order valence-corrected chi connectivity index (χ0v) is 12.1. The van der Waals surface area contributed by atoms with Gasteiger partial charge in [0.15, 0.2) is 0 Å². The molecule has 0 unspecified atom stereocenters. The first-order valence-electron chi connectivity index (χ1n) is 6.38. The molecule has 2 rings (SSSR count). The summed E-state index contributed by atoms with van der Waals surface area (Å²) >= 11 is 0. The number of piperazine rings is 1. The Morgan fingerprint density at radius 1 is 1.06 bits per heavy atom. The molecule has 1 aromatic carbocycles. The van der Waals surface area contributed by atoms with Gasteiger partial charge in [0.25, 0.3) is 0 Å². The summed E-state index contributed by atoms with van der Waals surface area (Å²) in [5.74, 6) is 0. The molecule has 1 heterocycles. The Balaban J connectivity index is 0.000000771. The number of nitrogens with one attached hydrogen (secondary N) is 1. The molecule has 0 saturated carbocycles. The SMILES string of the molecule is CC.Cc1ccc(S(=O)(=O)N2CCNCC2)cc1. The van der Waals surface area contributed by atoms with Crippen molar-refractivity contribution >= 4 is 10.0 Å². The van der Waals surface area contributed by atoms with Gasteiger partial charge in [-0.05, 0) is 19.1 Å². The fraction of sp³-hybridized carbons (Fsp3) is 0.538. The lowest BCUT2D eigenvalue weighted by molar-refractivity contribution is 0.360. The molecular formula is C13H22N2O2S. The van der Waals surface area contributed by atoms with E-state index >= 15 is 0 Å². The van der Waals surface area contributed by atoms with Crippen molar-refractivity contribution in [2.45, 2.75) is 25.7 Å². The molecule has 1 aromatic rings. The van der Waals surface area contributed by atoms with Gasteiger partial charge in [-0.1, -0.05) is 31.5 Å². The molecule has 18 heavy (non-hydrogen) atoms. The molecule has 0 amide bonds. The van der Waals surface area contributed by atoms with Crippen molar-refractivity contribution in [3.8, 4) is 0 Å². The molecule has 0 spiro atoms. The highest BCUT2D eigenvalue weighted by Gasteiger charge is 2.25. The number of hydrogen-bond acceptors (Lipinski definition) is 3. The van der Waals surface area contributed by atoms with Gasteiger partial charge in [-0.2, -0.15) is 4.31 Å². The van der Waals surface area contributed by atoms with E-state index in [9.17, 15) is 8.42 Å². The summed E-state index contributed by atoms with van der Waals surface area (Å²) in [5.41, 5.74) is 1.07. The lowest BCUT2D eigenvalue weighted by Gasteiger charge is -2.26. The van der Waals surface area contributed by atoms with Crippen LogP contribution in [0.3, 0.4) is 0 Å². The Morgan fingerprint density at radius 3 is 2.06 bits per heavy atom. The molecule has 0 radical (unpaired) electrons. The van der Waals surface area contributed by atoms with Gasteiger partial charge in [0.1, 0.15) is 0 Å². The zero-order valence-electron chi connectivity index (χ0n) is 11.3. The van der Waals surface area contributed by atoms with E-state index < -0.39 is 10.0 Å². The quantitative estimate of drug-likeness (QED) is 0.888. The summed E-state index contributed by atoms with van der Waals surface area (Å²) in [7, 11) is -3.29. The van der Waals surface area contributed by atoms with Crippen molar-refractivity contribution < 1.29 is 8.42 Å². The van der Waals surface area contributed by atoms with E-state index in [-0.39, 0.29) is 0 Å². The van der Waals surface area contributed by atoms with Crippen LogP contribution in [0, 0.1) is 6.92 Å². The molecule has 1 saturated heterocycles. The highest BCUT2D eigenvalue weighted by molar-refractivity contribution is 7.89. The summed E-state index contributed by atoms with van der Waals surface area (Å²) in [6.45, 7) is 8.50. The first kappa shape index (κ1) is 15.1. The predicted octanol–water partition coefficient (Wildman–Crippen LogP) is 1.62. The van der Waals surface area contributed by atoms with Gasteiger partial charge in [-0.25, -0.2) is 8.42 Å². The topological polar surface area (TPSA) is 49.4 Å². The second kappa shape index (κ2) is 6.87. The van der Waals surface area contributed by atoms with Gasteiger partial charge in [0.05, 0.1) is 4.90 Å². The Bertz CT molecular complexity index is 448. The maximum absolute atomic E-state index is 12.2. The van der Waals surface area contributed by atoms with Gasteiger partial charge in [-0.3, -0.25) is 0 Å². The van der Waals surface area contributed by atoms with Crippen LogP contribution in [0.5, 0.6) is 0 Å². The number of benzene rings is 1. The largest absolute Gasteiger partial charge is 0.314 e. The minimum Gasteiger partial charge on any atom is -0.314 e. The van der Waals surface area contributed by atoms with E-state index in [1.807, 2.05) is 32.9 Å². The van der Waals surface area contributed by atoms with E-state index in [0.717, 1.165) is 18.7 Å². The molecule has 1 fully saturated rings. The second-order valence-corrected chi connectivity index (χ2v) is 5.91. The average Bonchev–Trinajstić information content (AvgIpc) is 2.42. The number of hydrogen-bond donors (Lipinski definition) is 1. The van der Waals surface area contributed by atoms with Crippen LogP contribution in [0.4, 0.5) is 0 Å². The van der Waals surface area contributed by atoms with Crippen LogP contribution in [0.15, 0.2) is 29.2 Å². The van der Waals surface area contributed by atoms with Crippen molar-refractivity contribution in [2.24, 2.45) is 0 Å². The summed E-state index contributed by atoms with van der Waals surface area (Å²) in [6, 6.07) is 7.00. The predicted molar refractivity (Wildman–Crippen MR) is 74.2 cm³/mol. The van der Waals surface area contributed by atoms with Crippen LogP contribution in [0.1, 0.15) is 19.4 Å². The van der Waals surface area contributed by atoms with Crippen LogP contribution >= 0.6 is 0 Å². The normalized spacial score (nSPS) is 16.8. The fourth-order valence-electron chi connectivity index (χ4n) is 1.74. The summed E-state index contributed by atoms with van der Waals surface area (Å²) < 4.78 is 25.9. The summed E-state index contributed by atoms with van der Waals surface area (Å²) in [5, 5.41) is 3.14. The third kappa shape index (κ3) is 3.54. The molecule has 102 valence electrons. The highest BCUT2D eigenvalue weighted by Crippen LogP contribution is 2.16. The molecule has 0 atom stereocenters. The summed E-state index contributed by atoms with van der Waals surface area (Å²) in [4.78, 5) is 0.389. The molecule has 1 aliphatic rings. The summed E-state index contributed by atoms with van der Waals surface area (Å²) in [6.07, 6.45) is 0. The molecule has 0 aromatic heterocycles. The minimum absolute atomic E-state index is 0.389. The Kier molecular flexibility index (Phi) is 5.78. The molecule has 5 heteroatoms. The van der Waals surface area contributed by atoms with Crippen molar-refractivity contribution in [1.29, 1.82) is 0 Å². The van der Waals surface area contributed by atoms with E-state index in [2.05, 4.69) is 5.32 Å². The van der Waals surface area contributed by atoms with E-state index in [4.69, 9.17) is 0 Å². The van der Waals surface area contributed by atoms with Gasteiger partial charge < -0.3 is 5.32 Å². The van der Waals surface area contributed by atoms with Crippen LogP contribution in [-0.4, -0.2) is 38.9 Å². The van der Waals surface area contributed by atoms with Gasteiger partial charge >= 0.3 is 0 Å². The number of rotatable bonds is 2. The molecular weight excluding hydrogens is 248 g/mol. The lowest BCUT2D eigenvalue weighted by Crippen LogP contribution is -2.46. The van der Waals surface area contributed by atoms with E-state index in [1.165, 1.54) is 4.31 Å². The standard InChI is InChI=1S/C11H16N2O2S.C2H6/c1-10-2-4-11(5-3-10)16(14,15)13-8-6-12-7-9-13;1-2/h2-5,12H,6-9H2,1H3;1-2H3. The van der Waals surface area contributed by atoms with E-state index in [1.54, 1.807) is 12.1 Å². The van der Waals surface area contributed by atoms with Crippen LogP contribution < -0.4 is 5.32 Å². The lowest BCUT2D eigenvalue weighted by atomic mass is 10.2. The fourth-order valence-corrected chi connectivity index (χ4v) is 3.19. The first-order chi connectivity index (χ1) is 8.60. The average molecular weight is 270 g/mol. The Hall–Kier alpha value is -0.910. The second-order valence-electron chi connectivity index (χ2n) is 3.97. The number of nitrogens with zero attached hydrogens (tertiary/aromatic N) is 1. The molecule has 0 bridgehead atoms. The minimum atomic E-state index is -3.29. The van der Waals surface area contributed by atoms with Crippen LogP contribution in [-0.2, 0) is 10.0 Å². The number of aryl methyl sites for hydroxylation is 1. The molecule has 0 aliphatic carbocycles. The van der Waals surface area contributed by atoms with Crippen molar-refractivity contribution in [3.63, 3.8) is 0 Å².